The molecule has 2 heterocycles. The maximum atomic E-state index is 12.4. The van der Waals surface area contributed by atoms with Crippen LogP contribution in [0, 0.1) is 0 Å². The van der Waals surface area contributed by atoms with E-state index in [1.54, 1.807) is 16.9 Å². The lowest BCUT2D eigenvalue weighted by Crippen LogP contribution is -2.16. The fraction of sp³-hybridized carbons (Fsp3) is 0.353. The van der Waals surface area contributed by atoms with Crippen molar-refractivity contribution in [2.24, 2.45) is 4.99 Å². The van der Waals surface area contributed by atoms with E-state index in [-0.39, 0.29) is 5.91 Å². The quantitative estimate of drug-likeness (QED) is 0.714. The average molecular weight is 344 g/mol. The van der Waals surface area contributed by atoms with E-state index in [1.165, 1.54) is 11.3 Å². The minimum absolute atomic E-state index is 0.319. The molecule has 6 nitrogen and oxygen atoms in total. The van der Waals surface area contributed by atoms with Gasteiger partial charge in [-0.05, 0) is 45.0 Å². The van der Waals surface area contributed by atoms with Crippen LogP contribution >= 0.6 is 11.3 Å². The number of carbonyl (C=O) groups is 1. The van der Waals surface area contributed by atoms with Crippen LogP contribution in [0.4, 0.5) is 0 Å². The predicted octanol–water partition coefficient (Wildman–Crippen LogP) is 3.08. The van der Waals surface area contributed by atoms with E-state index in [0.717, 1.165) is 29.1 Å². The summed E-state index contributed by atoms with van der Waals surface area (Å²) in [5.41, 5.74) is 1.42. The molecule has 2 aromatic heterocycles. The number of benzene rings is 1. The molecular weight excluding hydrogens is 324 g/mol. The molecule has 0 aliphatic carbocycles. The van der Waals surface area contributed by atoms with Crippen molar-refractivity contribution in [1.82, 2.24) is 14.3 Å². The van der Waals surface area contributed by atoms with Gasteiger partial charge in [0.15, 0.2) is 10.5 Å². The maximum Gasteiger partial charge on any atom is 0.300 e. The van der Waals surface area contributed by atoms with Gasteiger partial charge >= 0.3 is 0 Å². The third-order valence-corrected chi connectivity index (χ3v) is 4.70. The molecule has 0 unspecified atom stereocenters. The number of hydrogen-bond acceptors (Lipinski definition) is 4. The first-order chi connectivity index (χ1) is 11.7. The molecule has 0 atom stereocenters. The topological polar surface area (TPSA) is 61.4 Å². The number of amides is 1. The largest absolute Gasteiger partial charge is 0.494 e. The van der Waals surface area contributed by atoms with Crippen molar-refractivity contribution in [3.8, 4) is 5.75 Å². The molecule has 0 saturated heterocycles. The van der Waals surface area contributed by atoms with Gasteiger partial charge in [-0.2, -0.15) is 10.1 Å². The number of carbonyl (C=O) groups excluding carboxylic acids is 1. The van der Waals surface area contributed by atoms with E-state index in [0.29, 0.717) is 17.1 Å². The van der Waals surface area contributed by atoms with Crippen molar-refractivity contribution >= 4 is 27.5 Å². The maximum absolute atomic E-state index is 12.4. The van der Waals surface area contributed by atoms with Crippen LogP contribution < -0.4 is 9.54 Å². The molecule has 126 valence electrons. The predicted molar refractivity (Wildman–Crippen MR) is 94.5 cm³/mol. The van der Waals surface area contributed by atoms with Crippen molar-refractivity contribution in [3.63, 3.8) is 0 Å². The van der Waals surface area contributed by atoms with E-state index < -0.39 is 0 Å². The summed E-state index contributed by atoms with van der Waals surface area (Å²) in [6, 6.07) is 7.64. The SMILES string of the molecule is CCOc1ccc2c(c1)sc(=NC(=O)c1ccn(CC)n1)n2CC. The summed E-state index contributed by atoms with van der Waals surface area (Å²) in [6.45, 7) is 8.07. The Morgan fingerprint density at radius 1 is 1.25 bits per heavy atom. The summed E-state index contributed by atoms with van der Waals surface area (Å²) < 4.78 is 10.3. The van der Waals surface area contributed by atoms with Gasteiger partial charge in [0.2, 0.25) is 0 Å². The minimum Gasteiger partial charge on any atom is -0.494 e. The Balaban J connectivity index is 2.05. The zero-order valence-corrected chi connectivity index (χ0v) is 14.8. The molecule has 0 aliphatic rings. The zero-order chi connectivity index (χ0) is 17.1. The van der Waals surface area contributed by atoms with E-state index >= 15 is 0 Å². The average Bonchev–Trinajstić information content (AvgIpc) is 3.18. The van der Waals surface area contributed by atoms with Gasteiger partial charge in [-0.15, -0.1) is 0 Å². The Morgan fingerprint density at radius 3 is 2.75 bits per heavy atom. The number of ether oxygens (including phenoxy) is 1. The van der Waals surface area contributed by atoms with Gasteiger partial charge in [-0.3, -0.25) is 9.48 Å². The summed E-state index contributed by atoms with van der Waals surface area (Å²) in [5.74, 6) is 0.509. The van der Waals surface area contributed by atoms with Gasteiger partial charge < -0.3 is 9.30 Å². The number of aryl methyl sites for hydroxylation is 2. The second-order valence-corrected chi connectivity index (χ2v) is 6.17. The zero-order valence-electron chi connectivity index (χ0n) is 14.0. The Morgan fingerprint density at radius 2 is 2.08 bits per heavy atom. The van der Waals surface area contributed by atoms with Gasteiger partial charge in [-0.1, -0.05) is 11.3 Å². The molecule has 0 radical (unpaired) electrons. The van der Waals surface area contributed by atoms with Crippen LogP contribution in [-0.4, -0.2) is 26.9 Å². The lowest BCUT2D eigenvalue weighted by atomic mass is 10.3. The smallest absolute Gasteiger partial charge is 0.300 e. The highest BCUT2D eigenvalue weighted by atomic mass is 32.1. The summed E-state index contributed by atoms with van der Waals surface area (Å²) in [5, 5.41) is 4.22. The van der Waals surface area contributed by atoms with Crippen molar-refractivity contribution in [2.45, 2.75) is 33.9 Å². The highest BCUT2D eigenvalue weighted by molar-refractivity contribution is 7.16. The molecule has 7 heteroatoms. The molecule has 1 amide bonds. The number of hydrogen-bond donors (Lipinski definition) is 0. The van der Waals surface area contributed by atoms with Crippen molar-refractivity contribution in [3.05, 3.63) is 41.0 Å². The molecule has 0 aliphatic heterocycles. The number of nitrogens with zero attached hydrogens (tertiary/aromatic N) is 4. The van der Waals surface area contributed by atoms with Crippen molar-refractivity contribution in [2.75, 3.05) is 6.61 Å². The molecule has 24 heavy (non-hydrogen) atoms. The summed E-state index contributed by atoms with van der Waals surface area (Å²) >= 11 is 1.48. The fourth-order valence-electron chi connectivity index (χ4n) is 2.50. The lowest BCUT2D eigenvalue weighted by Gasteiger charge is -2.03. The number of fused-ring (bicyclic) bond motifs is 1. The second-order valence-electron chi connectivity index (χ2n) is 5.17. The number of rotatable bonds is 5. The first-order valence-electron chi connectivity index (χ1n) is 8.05. The molecule has 0 fully saturated rings. The Hall–Kier alpha value is -2.41. The molecule has 3 aromatic rings. The van der Waals surface area contributed by atoms with E-state index in [1.807, 2.05) is 43.5 Å². The second kappa shape index (κ2) is 7.00. The van der Waals surface area contributed by atoms with Crippen LogP contribution in [0.2, 0.25) is 0 Å². The van der Waals surface area contributed by atoms with Gasteiger partial charge in [0, 0.05) is 19.3 Å². The highest BCUT2D eigenvalue weighted by Crippen LogP contribution is 2.23. The summed E-state index contributed by atoms with van der Waals surface area (Å²) in [6.07, 6.45) is 1.79. The Bertz CT molecular complexity index is 936. The van der Waals surface area contributed by atoms with Crippen LogP contribution in [0.25, 0.3) is 10.2 Å². The first-order valence-corrected chi connectivity index (χ1v) is 8.86. The normalized spacial score (nSPS) is 12.0. The van der Waals surface area contributed by atoms with Gasteiger partial charge in [0.1, 0.15) is 5.75 Å². The molecule has 0 saturated carbocycles. The molecule has 1 aromatic carbocycles. The number of thiazole rings is 1. The highest BCUT2D eigenvalue weighted by Gasteiger charge is 2.11. The minimum atomic E-state index is -0.319. The van der Waals surface area contributed by atoms with Crippen LogP contribution in [-0.2, 0) is 13.1 Å². The van der Waals surface area contributed by atoms with Crippen molar-refractivity contribution in [1.29, 1.82) is 0 Å². The lowest BCUT2D eigenvalue weighted by molar-refractivity contribution is 0.0992. The summed E-state index contributed by atoms with van der Waals surface area (Å²) in [4.78, 5) is 17.3. The van der Waals surface area contributed by atoms with Gasteiger partial charge in [0.25, 0.3) is 5.91 Å². The van der Waals surface area contributed by atoms with E-state index in [2.05, 4.69) is 10.1 Å². The van der Waals surface area contributed by atoms with Crippen molar-refractivity contribution < 1.29 is 9.53 Å². The standard InChI is InChI=1S/C17H20N4O2S/c1-4-20-10-9-13(19-20)16(22)18-17-21(5-2)14-8-7-12(23-6-3)11-15(14)24-17/h7-11H,4-6H2,1-3H3. The molecule has 0 N–H and O–H groups in total. The number of aromatic nitrogens is 3. The molecule has 0 spiro atoms. The van der Waals surface area contributed by atoms with E-state index in [9.17, 15) is 4.79 Å². The Kier molecular flexibility index (Phi) is 4.80. The summed E-state index contributed by atoms with van der Waals surface area (Å²) in [7, 11) is 0. The molecule has 0 bridgehead atoms. The monoisotopic (exact) mass is 344 g/mol. The van der Waals surface area contributed by atoms with Crippen LogP contribution in [0.3, 0.4) is 0 Å². The first kappa shape index (κ1) is 16.4. The third kappa shape index (κ3) is 3.12. The van der Waals surface area contributed by atoms with Crippen LogP contribution in [0.15, 0.2) is 35.5 Å². The third-order valence-electron chi connectivity index (χ3n) is 3.66. The molecular formula is C17H20N4O2S. The van der Waals surface area contributed by atoms with Gasteiger partial charge in [-0.25, -0.2) is 0 Å². The van der Waals surface area contributed by atoms with E-state index in [4.69, 9.17) is 4.74 Å². The van der Waals surface area contributed by atoms with Crippen LogP contribution in [0.5, 0.6) is 5.75 Å². The van der Waals surface area contributed by atoms with Gasteiger partial charge in [0.05, 0.1) is 16.8 Å². The Labute approximate surface area is 144 Å². The van der Waals surface area contributed by atoms with Crippen LogP contribution in [0.1, 0.15) is 31.3 Å². The molecule has 3 rings (SSSR count). The fourth-order valence-corrected chi connectivity index (χ4v) is 3.62.